The van der Waals surface area contributed by atoms with E-state index in [9.17, 15) is 0 Å². The maximum Gasteiger partial charge on any atom is 0.225 e. The van der Waals surface area contributed by atoms with Crippen LogP contribution in [0.2, 0.25) is 0 Å². The van der Waals surface area contributed by atoms with E-state index in [1.807, 2.05) is 6.07 Å². The van der Waals surface area contributed by atoms with Gasteiger partial charge in [-0.05, 0) is 19.9 Å². The molecule has 76 valence electrons. The van der Waals surface area contributed by atoms with Crippen molar-refractivity contribution in [3.8, 4) is 0 Å². The number of hydrogen-bond acceptors (Lipinski definition) is 4. The monoisotopic (exact) mass is 192 g/mol. The highest BCUT2D eigenvalue weighted by Gasteiger charge is 2.25. The third-order valence-electron chi connectivity index (χ3n) is 2.61. The van der Waals surface area contributed by atoms with Crippen molar-refractivity contribution in [1.82, 2.24) is 15.3 Å². The molecule has 0 unspecified atom stereocenters. The van der Waals surface area contributed by atoms with Crippen molar-refractivity contribution < 1.29 is 0 Å². The van der Waals surface area contributed by atoms with E-state index in [4.69, 9.17) is 0 Å². The number of aromatic nitrogens is 2. The molecule has 1 N–H and O–H groups in total. The van der Waals surface area contributed by atoms with Crippen LogP contribution in [0.15, 0.2) is 18.5 Å². The molecule has 1 aromatic rings. The predicted octanol–water partition coefficient (Wildman–Crippen LogP) is 0.663. The average molecular weight is 192 g/mol. The molecule has 1 saturated heterocycles. The minimum atomic E-state index is 0.459. The molecule has 4 nitrogen and oxygen atoms in total. The Hall–Kier alpha value is -1.16. The third-order valence-corrected chi connectivity index (χ3v) is 2.61. The Kier molecular flexibility index (Phi) is 2.63. The standard InChI is InChI=1S/C10H16N4/c1-8-6-11-7-9(2)14(8)10-12-4-3-5-13-10/h3-5,8-9,11H,6-7H2,1-2H3/t8-,9+. The first-order valence-corrected chi connectivity index (χ1v) is 5.05. The van der Waals surface area contributed by atoms with E-state index in [0.29, 0.717) is 12.1 Å². The Morgan fingerprint density at radius 3 is 2.36 bits per heavy atom. The lowest BCUT2D eigenvalue weighted by atomic mass is 10.1. The number of anilines is 1. The van der Waals surface area contributed by atoms with Crippen molar-refractivity contribution in [2.45, 2.75) is 25.9 Å². The molecule has 0 amide bonds. The molecule has 0 radical (unpaired) electrons. The van der Waals surface area contributed by atoms with E-state index in [0.717, 1.165) is 19.0 Å². The van der Waals surface area contributed by atoms with Crippen LogP contribution in [-0.4, -0.2) is 35.1 Å². The highest BCUT2D eigenvalue weighted by molar-refractivity contribution is 5.33. The van der Waals surface area contributed by atoms with Crippen LogP contribution in [0.3, 0.4) is 0 Å². The van der Waals surface area contributed by atoms with Crippen LogP contribution in [-0.2, 0) is 0 Å². The van der Waals surface area contributed by atoms with Crippen molar-refractivity contribution in [3.63, 3.8) is 0 Å². The van der Waals surface area contributed by atoms with E-state index >= 15 is 0 Å². The van der Waals surface area contributed by atoms with Crippen LogP contribution in [0.4, 0.5) is 5.95 Å². The second-order valence-electron chi connectivity index (χ2n) is 3.81. The van der Waals surface area contributed by atoms with E-state index in [-0.39, 0.29) is 0 Å². The fraction of sp³-hybridized carbons (Fsp3) is 0.600. The minimum absolute atomic E-state index is 0.459. The zero-order valence-electron chi connectivity index (χ0n) is 8.64. The first kappa shape index (κ1) is 9.40. The smallest absolute Gasteiger partial charge is 0.225 e. The normalized spacial score (nSPS) is 27.7. The number of piperazine rings is 1. The molecule has 1 fully saturated rings. The summed E-state index contributed by atoms with van der Waals surface area (Å²) in [5, 5.41) is 3.39. The van der Waals surface area contributed by atoms with Gasteiger partial charge in [0.05, 0.1) is 0 Å². The molecule has 0 aromatic carbocycles. The van der Waals surface area contributed by atoms with Crippen molar-refractivity contribution >= 4 is 5.95 Å². The fourth-order valence-electron chi connectivity index (χ4n) is 1.95. The summed E-state index contributed by atoms with van der Waals surface area (Å²) >= 11 is 0. The van der Waals surface area contributed by atoms with Crippen LogP contribution in [0.5, 0.6) is 0 Å². The molecule has 2 atom stereocenters. The molecule has 14 heavy (non-hydrogen) atoms. The summed E-state index contributed by atoms with van der Waals surface area (Å²) in [5.74, 6) is 0.842. The van der Waals surface area contributed by atoms with Crippen molar-refractivity contribution in [1.29, 1.82) is 0 Å². The SMILES string of the molecule is C[C@@H]1CNC[C@H](C)N1c1ncccn1. The van der Waals surface area contributed by atoms with Gasteiger partial charge in [0, 0.05) is 37.6 Å². The van der Waals surface area contributed by atoms with Crippen LogP contribution in [0, 0.1) is 0 Å². The van der Waals surface area contributed by atoms with Gasteiger partial charge in [0.15, 0.2) is 0 Å². The Bertz CT molecular complexity index is 277. The maximum atomic E-state index is 4.29. The molecule has 0 saturated carbocycles. The number of hydrogen-bond donors (Lipinski definition) is 1. The van der Waals surface area contributed by atoms with Gasteiger partial charge < -0.3 is 10.2 Å². The second kappa shape index (κ2) is 3.92. The summed E-state index contributed by atoms with van der Waals surface area (Å²) < 4.78 is 0. The minimum Gasteiger partial charge on any atom is -0.333 e. The van der Waals surface area contributed by atoms with Gasteiger partial charge in [-0.2, -0.15) is 0 Å². The topological polar surface area (TPSA) is 41.0 Å². The van der Waals surface area contributed by atoms with Crippen LogP contribution >= 0.6 is 0 Å². The zero-order valence-corrected chi connectivity index (χ0v) is 8.64. The maximum absolute atomic E-state index is 4.29. The number of nitrogens with one attached hydrogen (secondary N) is 1. The van der Waals surface area contributed by atoms with Crippen molar-refractivity contribution in [2.75, 3.05) is 18.0 Å². The van der Waals surface area contributed by atoms with Crippen LogP contribution in [0.25, 0.3) is 0 Å². The molecule has 1 aliphatic heterocycles. The zero-order chi connectivity index (χ0) is 9.97. The molecule has 0 spiro atoms. The van der Waals surface area contributed by atoms with Gasteiger partial charge in [-0.3, -0.25) is 0 Å². The largest absolute Gasteiger partial charge is 0.333 e. The van der Waals surface area contributed by atoms with Gasteiger partial charge in [0.1, 0.15) is 0 Å². The summed E-state index contributed by atoms with van der Waals surface area (Å²) in [7, 11) is 0. The lowest BCUT2D eigenvalue weighted by Crippen LogP contribution is -2.55. The molecule has 2 heterocycles. The summed E-state index contributed by atoms with van der Waals surface area (Å²) in [6.07, 6.45) is 3.59. The van der Waals surface area contributed by atoms with Gasteiger partial charge in [-0.15, -0.1) is 0 Å². The first-order chi connectivity index (χ1) is 6.79. The van der Waals surface area contributed by atoms with E-state index in [1.54, 1.807) is 12.4 Å². The van der Waals surface area contributed by atoms with Gasteiger partial charge in [-0.25, -0.2) is 9.97 Å². The molecule has 1 aliphatic rings. The molecular formula is C10H16N4. The molecule has 0 aliphatic carbocycles. The molecule has 1 aromatic heterocycles. The number of nitrogens with zero attached hydrogens (tertiary/aromatic N) is 3. The Morgan fingerprint density at radius 2 is 1.79 bits per heavy atom. The van der Waals surface area contributed by atoms with Crippen LogP contribution in [0.1, 0.15) is 13.8 Å². The summed E-state index contributed by atoms with van der Waals surface area (Å²) in [5.41, 5.74) is 0. The van der Waals surface area contributed by atoms with Crippen molar-refractivity contribution in [2.24, 2.45) is 0 Å². The first-order valence-electron chi connectivity index (χ1n) is 5.05. The van der Waals surface area contributed by atoms with E-state index < -0.39 is 0 Å². The number of rotatable bonds is 1. The Balaban J connectivity index is 2.23. The highest BCUT2D eigenvalue weighted by atomic mass is 15.3. The third kappa shape index (κ3) is 1.70. The van der Waals surface area contributed by atoms with E-state index in [2.05, 4.69) is 34.0 Å². The molecule has 4 heteroatoms. The molecule has 0 bridgehead atoms. The average Bonchev–Trinajstić information content (AvgIpc) is 2.19. The van der Waals surface area contributed by atoms with Crippen molar-refractivity contribution in [3.05, 3.63) is 18.5 Å². The molecule has 2 rings (SSSR count). The predicted molar refractivity (Wildman–Crippen MR) is 56.3 cm³/mol. The van der Waals surface area contributed by atoms with Crippen LogP contribution < -0.4 is 10.2 Å². The Morgan fingerprint density at radius 1 is 1.21 bits per heavy atom. The van der Waals surface area contributed by atoms with Gasteiger partial charge in [-0.1, -0.05) is 0 Å². The lowest BCUT2D eigenvalue weighted by Gasteiger charge is -2.39. The summed E-state index contributed by atoms with van der Waals surface area (Å²) in [6, 6.07) is 2.77. The summed E-state index contributed by atoms with van der Waals surface area (Å²) in [4.78, 5) is 10.9. The second-order valence-corrected chi connectivity index (χ2v) is 3.81. The van der Waals surface area contributed by atoms with Gasteiger partial charge in [0.2, 0.25) is 5.95 Å². The quantitative estimate of drug-likeness (QED) is 0.710. The molecular weight excluding hydrogens is 176 g/mol. The highest BCUT2D eigenvalue weighted by Crippen LogP contribution is 2.16. The summed E-state index contributed by atoms with van der Waals surface area (Å²) in [6.45, 7) is 6.39. The van der Waals surface area contributed by atoms with E-state index in [1.165, 1.54) is 0 Å². The van der Waals surface area contributed by atoms with Gasteiger partial charge in [0.25, 0.3) is 0 Å². The fourth-order valence-corrected chi connectivity index (χ4v) is 1.95. The lowest BCUT2D eigenvalue weighted by molar-refractivity contribution is 0.425. The van der Waals surface area contributed by atoms with Gasteiger partial charge >= 0.3 is 0 Å². The Labute approximate surface area is 84.4 Å².